The number of hydrogen-bond acceptors (Lipinski definition) is 3. The molecule has 1 fully saturated rings. The third-order valence-corrected chi connectivity index (χ3v) is 6.31. The van der Waals surface area contributed by atoms with Gasteiger partial charge in [0.25, 0.3) is 5.91 Å². The van der Waals surface area contributed by atoms with Gasteiger partial charge in [-0.05, 0) is 63.1 Å². The maximum Gasteiger partial charge on any atom is 0.272 e. The first-order chi connectivity index (χ1) is 13.2. The van der Waals surface area contributed by atoms with Gasteiger partial charge in [0.1, 0.15) is 10.9 Å². The van der Waals surface area contributed by atoms with Crippen molar-refractivity contribution < 1.29 is 9.59 Å². The van der Waals surface area contributed by atoms with Crippen molar-refractivity contribution >= 4 is 23.3 Å². The Hall–Kier alpha value is -2.14. The van der Waals surface area contributed by atoms with Gasteiger partial charge in [0.05, 0.1) is 0 Å². The van der Waals surface area contributed by atoms with Crippen LogP contribution in [0.1, 0.15) is 63.5 Å². The molecule has 0 bridgehead atoms. The van der Waals surface area contributed by atoms with Crippen LogP contribution in [0.25, 0.3) is 0 Å². The molecule has 1 saturated carbocycles. The number of hydrogen-bond donors (Lipinski definition) is 1. The third-order valence-electron chi connectivity index (χ3n) is 5.79. The Morgan fingerprint density at radius 2 is 1.89 bits per heavy atom. The molecule has 0 saturated heterocycles. The number of benzene rings is 1. The summed E-state index contributed by atoms with van der Waals surface area (Å²) in [6.45, 7) is 8.59. The molecule has 2 unspecified atom stereocenters. The van der Waals surface area contributed by atoms with Gasteiger partial charge in [0.15, 0.2) is 5.69 Å². The van der Waals surface area contributed by atoms with Gasteiger partial charge in [-0.25, -0.2) is 0 Å². The molecule has 0 aliphatic heterocycles. The van der Waals surface area contributed by atoms with E-state index in [1.54, 1.807) is 14.0 Å². The van der Waals surface area contributed by atoms with Gasteiger partial charge < -0.3 is 5.32 Å². The summed E-state index contributed by atoms with van der Waals surface area (Å²) in [4.78, 5) is 25.0. The van der Waals surface area contributed by atoms with Crippen molar-refractivity contribution in [2.75, 3.05) is 6.54 Å². The van der Waals surface area contributed by atoms with Gasteiger partial charge in [0, 0.05) is 31.5 Å². The zero-order valence-electron chi connectivity index (χ0n) is 17.2. The van der Waals surface area contributed by atoms with Crippen LogP contribution in [0.2, 0.25) is 5.15 Å². The summed E-state index contributed by atoms with van der Waals surface area (Å²) in [6.07, 6.45) is 2.23. The number of aromatic nitrogens is 2. The first-order valence-corrected chi connectivity index (χ1v) is 10.1. The normalized spacial score (nSPS) is 19.3. The predicted octanol–water partition coefficient (Wildman–Crippen LogP) is 4.19. The maximum atomic E-state index is 12.7. The summed E-state index contributed by atoms with van der Waals surface area (Å²) in [7, 11) is 1.71. The van der Waals surface area contributed by atoms with E-state index >= 15 is 0 Å². The summed E-state index contributed by atoms with van der Waals surface area (Å²) < 4.78 is 1.50. The van der Waals surface area contributed by atoms with Crippen molar-refractivity contribution in [1.82, 2.24) is 15.1 Å². The van der Waals surface area contributed by atoms with E-state index in [9.17, 15) is 9.59 Å². The van der Waals surface area contributed by atoms with E-state index in [2.05, 4.69) is 43.3 Å². The molecule has 2 atom stereocenters. The molecule has 1 aromatic carbocycles. The van der Waals surface area contributed by atoms with E-state index in [4.69, 9.17) is 11.6 Å². The SMILES string of the molecule is Cc1cc(C)c(C2CC(CCNC(=O)c3nn(C)c(Cl)c3C)CC2=O)c(C)c1. The van der Waals surface area contributed by atoms with Crippen LogP contribution >= 0.6 is 11.6 Å². The summed E-state index contributed by atoms with van der Waals surface area (Å²) in [5.41, 5.74) is 5.87. The number of rotatable bonds is 5. The van der Waals surface area contributed by atoms with Crippen LogP contribution in [-0.4, -0.2) is 28.0 Å². The standard InChI is InChI=1S/C22H28ClN3O2/c1-12-8-13(2)19(14(3)9-12)17-10-16(11-18(17)27)6-7-24-22(28)20-15(4)21(23)26(5)25-20/h8-9,16-17H,6-7,10-11H2,1-5H3,(H,24,28). The molecule has 28 heavy (non-hydrogen) atoms. The molecule has 1 amide bonds. The fourth-order valence-corrected chi connectivity index (χ4v) is 4.64. The molecule has 1 aliphatic rings. The summed E-state index contributed by atoms with van der Waals surface area (Å²) in [5.74, 6) is 0.384. The second-order valence-electron chi connectivity index (χ2n) is 8.07. The second kappa shape index (κ2) is 8.08. The zero-order valence-corrected chi connectivity index (χ0v) is 18.0. The number of nitrogens with one attached hydrogen (secondary N) is 1. The Labute approximate surface area is 171 Å². The minimum atomic E-state index is -0.217. The lowest BCUT2D eigenvalue weighted by Crippen LogP contribution is -2.26. The van der Waals surface area contributed by atoms with Crippen LogP contribution in [0.3, 0.4) is 0 Å². The number of ketones is 1. The van der Waals surface area contributed by atoms with Crippen LogP contribution in [0.4, 0.5) is 0 Å². The second-order valence-corrected chi connectivity index (χ2v) is 8.43. The molecule has 0 radical (unpaired) electrons. The fourth-order valence-electron chi connectivity index (χ4n) is 4.51. The third kappa shape index (κ3) is 4.00. The lowest BCUT2D eigenvalue weighted by Gasteiger charge is -2.17. The van der Waals surface area contributed by atoms with Crippen molar-refractivity contribution in [3.05, 3.63) is 50.8 Å². The minimum Gasteiger partial charge on any atom is -0.351 e. The average molecular weight is 402 g/mol. The molecule has 1 aliphatic carbocycles. The van der Waals surface area contributed by atoms with Crippen molar-refractivity contribution in [2.45, 2.75) is 52.9 Å². The Balaban J connectivity index is 1.59. The van der Waals surface area contributed by atoms with E-state index < -0.39 is 0 Å². The molecular weight excluding hydrogens is 374 g/mol. The summed E-state index contributed by atoms with van der Waals surface area (Å²) >= 11 is 6.09. The maximum absolute atomic E-state index is 12.7. The fraction of sp³-hybridized carbons (Fsp3) is 0.500. The number of Topliss-reactive ketones (excluding diaryl/α,β-unsaturated/α-hetero) is 1. The first kappa shape index (κ1) is 20.6. The molecule has 150 valence electrons. The van der Waals surface area contributed by atoms with Crippen LogP contribution < -0.4 is 5.32 Å². The molecule has 1 heterocycles. The van der Waals surface area contributed by atoms with Gasteiger partial charge in [-0.1, -0.05) is 29.3 Å². The van der Waals surface area contributed by atoms with Crippen LogP contribution in [0, 0.1) is 33.6 Å². The van der Waals surface area contributed by atoms with Gasteiger partial charge in [0.2, 0.25) is 0 Å². The van der Waals surface area contributed by atoms with Gasteiger partial charge in [-0.2, -0.15) is 5.10 Å². The number of nitrogens with zero attached hydrogens (tertiary/aromatic N) is 2. The molecule has 5 nitrogen and oxygen atoms in total. The number of carbonyl (C=O) groups is 2. The van der Waals surface area contributed by atoms with Crippen LogP contribution in [0.15, 0.2) is 12.1 Å². The first-order valence-electron chi connectivity index (χ1n) is 9.76. The largest absolute Gasteiger partial charge is 0.351 e. The van der Waals surface area contributed by atoms with Gasteiger partial charge >= 0.3 is 0 Å². The zero-order chi connectivity index (χ0) is 20.6. The molecule has 3 rings (SSSR count). The van der Waals surface area contributed by atoms with Gasteiger partial charge in [-0.15, -0.1) is 0 Å². The highest BCUT2D eigenvalue weighted by atomic mass is 35.5. The molecular formula is C22H28ClN3O2. The van der Waals surface area contributed by atoms with E-state index in [1.807, 2.05) is 0 Å². The molecule has 0 spiro atoms. The highest BCUT2D eigenvalue weighted by Crippen LogP contribution is 2.39. The monoisotopic (exact) mass is 401 g/mol. The predicted molar refractivity (Wildman–Crippen MR) is 111 cm³/mol. The Morgan fingerprint density at radius 3 is 2.46 bits per heavy atom. The number of amides is 1. The molecule has 6 heteroatoms. The Morgan fingerprint density at radius 1 is 1.25 bits per heavy atom. The number of aryl methyl sites for hydroxylation is 4. The molecule has 2 aromatic rings. The van der Waals surface area contributed by atoms with E-state index in [1.165, 1.54) is 26.9 Å². The summed E-state index contributed by atoms with van der Waals surface area (Å²) in [6, 6.07) is 4.31. The van der Waals surface area contributed by atoms with Crippen LogP contribution in [0.5, 0.6) is 0 Å². The van der Waals surface area contributed by atoms with Crippen molar-refractivity contribution in [2.24, 2.45) is 13.0 Å². The highest BCUT2D eigenvalue weighted by Gasteiger charge is 2.35. The topological polar surface area (TPSA) is 64.0 Å². The van der Waals surface area contributed by atoms with E-state index in [0.717, 1.165) is 12.8 Å². The van der Waals surface area contributed by atoms with E-state index in [0.29, 0.717) is 41.1 Å². The van der Waals surface area contributed by atoms with Crippen molar-refractivity contribution in [3.63, 3.8) is 0 Å². The summed E-state index contributed by atoms with van der Waals surface area (Å²) in [5, 5.41) is 7.56. The average Bonchev–Trinajstić information content (AvgIpc) is 3.09. The van der Waals surface area contributed by atoms with E-state index in [-0.39, 0.29) is 11.8 Å². The highest BCUT2D eigenvalue weighted by molar-refractivity contribution is 6.30. The van der Waals surface area contributed by atoms with Gasteiger partial charge in [-0.3, -0.25) is 14.3 Å². The number of halogens is 1. The lowest BCUT2D eigenvalue weighted by molar-refractivity contribution is -0.118. The van der Waals surface area contributed by atoms with Crippen LogP contribution in [-0.2, 0) is 11.8 Å². The van der Waals surface area contributed by atoms with Crippen molar-refractivity contribution in [1.29, 1.82) is 0 Å². The Bertz CT molecular complexity index is 909. The number of carbonyl (C=O) groups excluding carboxylic acids is 2. The Kier molecular flexibility index (Phi) is 5.94. The quantitative estimate of drug-likeness (QED) is 0.816. The molecule has 1 aromatic heterocycles. The molecule has 1 N–H and O–H groups in total. The minimum absolute atomic E-state index is 0.0156. The smallest absolute Gasteiger partial charge is 0.272 e. The van der Waals surface area contributed by atoms with Crippen molar-refractivity contribution in [3.8, 4) is 0 Å². The lowest BCUT2D eigenvalue weighted by atomic mass is 9.87.